The third-order valence-electron chi connectivity index (χ3n) is 6.30. The number of carboxylic acids is 1. The van der Waals surface area contributed by atoms with Crippen molar-refractivity contribution in [3.63, 3.8) is 0 Å². The van der Waals surface area contributed by atoms with Gasteiger partial charge < -0.3 is 14.7 Å². The largest absolute Gasteiger partial charge is 0.477 e. The van der Waals surface area contributed by atoms with Gasteiger partial charge in [0, 0.05) is 39.7 Å². The van der Waals surface area contributed by atoms with E-state index in [1.807, 2.05) is 0 Å². The number of aromatic amines is 1. The van der Waals surface area contributed by atoms with E-state index < -0.39 is 5.97 Å². The van der Waals surface area contributed by atoms with E-state index in [1.54, 1.807) is 35.0 Å². The van der Waals surface area contributed by atoms with Crippen LogP contribution in [0.1, 0.15) is 34.5 Å². The van der Waals surface area contributed by atoms with Crippen LogP contribution in [0.5, 0.6) is 0 Å². The lowest BCUT2D eigenvalue weighted by Gasteiger charge is -2.17. The molecule has 0 fully saturated rings. The molecule has 14 heteroatoms. The fraction of sp³-hybridized carbons (Fsp3) is 0.125. The molecule has 0 radical (unpaired) electrons. The number of fused-ring (bicyclic) bond motifs is 1. The SMILES string of the molecule is Cl.O=C(O)c1cc(-c2cnc([C@@H]3CCc4c(Cl)c(-c5cc(Cl)ccc5-n5cnnn5)cc(=O)n43)[nH]2)ccn1. The van der Waals surface area contributed by atoms with E-state index >= 15 is 0 Å². The number of halogens is 3. The molecular formula is C24H17Cl3N8O3. The van der Waals surface area contributed by atoms with Gasteiger partial charge in [-0.1, -0.05) is 23.2 Å². The van der Waals surface area contributed by atoms with Crippen LogP contribution in [0.15, 0.2) is 59.9 Å². The summed E-state index contributed by atoms with van der Waals surface area (Å²) in [5.41, 5.74) is 3.41. The Kier molecular flexibility index (Phi) is 6.74. The number of rotatable bonds is 5. The van der Waals surface area contributed by atoms with Crippen molar-refractivity contribution in [2.75, 3.05) is 0 Å². The summed E-state index contributed by atoms with van der Waals surface area (Å²) in [5, 5.41) is 21.5. The molecule has 0 spiro atoms. The Morgan fingerprint density at radius 2 is 1.95 bits per heavy atom. The molecule has 0 aliphatic carbocycles. The van der Waals surface area contributed by atoms with Gasteiger partial charge in [-0.15, -0.1) is 17.5 Å². The van der Waals surface area contributed by atoms with Gasteiger partial charge in [0.25, 0.3) is 5.56 Å². The van der Waals surface area contributed by atoms with Gasteiger partial charge in [0.15, 0.2) is 0 Å². The van der Waals surface area contributed by atoms with E-state index in [1.165, 1.54) is 29.3 Å². The number of H-pyrrole nitrogens is 1. The van der Waals surface area contributed by atoms with Crippen LogP contribution in [0.4, 0.5) is 0 Å². The van der Waals surface area contributed by atoms with Crippen LogP contribution in [0, 0.1) is 0 Å². The van der Waals surface area contributed by atoms with Gasteiger partial charge in [0.05, 0.1) is 28.6 Å². The molecule has 2 N–H and O–H groups in total. The van der Waals surface area contributed by atoms with Gasteiger partial charge in [-0.25, -0.2) is 14.8 Å². The highest BCUT2D eigenvalue weighted by Gasteiger charge is 2.31. The number of benzene rings is 1. The van der Waals surface area contributed by atoms with Crippen LogP contribution in [-0.2, 0) is 6.42 Å². The number of carbonyl (C=O) groups is 1. The Hall–Kier alpha value is -4.06. The zero-order valence-electron chi connectivity index (χ0n) is 19.2. The van der Waals surface area contributed by atoms with Crippen LogP contribution < -0.4 is 5.56 Å². The molecule has 11 nitrogen and oxygen atoms in total. The predicted molar refractivity (Wildman–Crippen MR) is 141 cm³/mol. The maximum absolute atomic E-state index is 13.4. The van der Waals surface area contributed by atoms with Crippen LogP contribution in [-0.4, -0.2) is 50.8 Å². The monoisotopic (exact) mass is 570 g/mol. The molecular weight excluding hydrogens is 555 g/mol. The fourth-order valence-electron chi connectivity index (χ4n) is 4.64. The van der Waals surface area contributed by atoms with Crippen LogP contribution in [0.25, 0.3) is 28.1 Å². The molecule has 1 aliphatic heterocycles. The molecule has 1 atom stereocenters. The molecule has 0 bridgehead atoms. The van der Waals surface area contributed by atoms with Gasteiger partial charge in [-0.05, 0) is 53.6 Å². The predicted octanol–water partition coefficient (Wildman–Crippen LogP) is 4.24. The van der Waals surface area contributed by atoms with Crippen LogP contribution in [0.3, 0.4) is 0 Å². The van der Waals surface area contributed by atoms with Gasteiger partial charge in [0.1, 0.15) is 17.8 Å². The van der Waals surface area contributed by atoms with Crippen molar-refractivity contribution < 1.29 is 9.90 Å². The highest BCUT2D eigenvalue weighted by Crippen LogP contribution is 2.40. The Morgan fingerprint density at radius 3 is 2.71 bits per heavy atom. The van der Waals surface area contributed by atoms with Gasteiger partial charge in [-0.2, -0.15) is 4.68 Å². The molecule has 4 aromatic heterocycles. The third kappa shape index (κ3) is 4.34. The first-order valence-corrected chi connectivity index (χ1v) is 11.9. The average molecular weight is 572 g/mol. The summed E-state index contributed by atoms with van der Waals surface area (Å²) in [5.74, 6) is -0.545. The zero-order valence-corrected chi connectivity index (χ0v) is 21.6. The topological polar surface area (TPSA) is 144 Å². The van der Waals surface area contributed by atoms with Crippen molar-refractivity contribution >= 4 is 41.6 Å². The number of aromatic nitrogens is 8. The second-order valence-electron chi connectivity index (χ2n) is 8.41. The van der Waals surface area contributed by atoms with Crippen molar-refractivity contribution in [2.24, 2.45) is 0 Å². The molecule has 0 saturated heterocycles. The number of carboxylic acid groups (broad SMARTS) is 1. The lowest BCUT2D eigenvalue weighted by atomic mass is 10.0. The Morgan fingerprint density at radius 1 is 1.11 bits per heavy atom. The first kappa shape index (κ1) is 25.6. The van der Waals surface area contributed by atoms with Crippen molar-refractivity contribution in [3.05, 3.63) is 92.7 Å². The van der Waals surface area contributed by atoms with Crippen molar-refractivity contribution in [1.82, 2.24) is 39.7 Å². The molecule has 1 aliphatic rings. The summed E-state index contributed by atoms with van der Waals surface area (Å²) >= 11 is 13.2. The summed E-state index contributed by atoms with van der Waals surface area (Å²) < 4.78 is 3.12. The summed E-state index contributed by atoms with van der Waals surface area (Å²) in [6, 6.07) is 9.47. The summed E-state index contributed by atoms with van der Waals surface area (Å²) in [7, 11) is 0. The van der Waals surface area contributed by atoms with E-state index in [0.717, 1.165) is 0 Å². The molecule has 5 heterocycles. The quantitative estimate of drug-likeness (QED) is 0.319. The minimum absolute atomic E-state index is 0. The minimum atomic E-state index is -1.12. The van der Waals surface area contributed by atoms with Crippen LogP contribution >= 0.6 is 35.6 Å². The highest BCUT2D eigenvalue weighted by atomic mass is 35.5. The number of nitrogens with one attached hydrogen (secondary N) is 1. The molecule has 5 aromatic rings. The molecule has 0 unspecified atom stereocenters. The molecule has 192 valence electrons. The number of tetrazole rings is 1. The van der Waals surface area contributed by atoms with Gasteiger partial charge in [0.2, 0.25) is 0 Å². The average Bonchev–Trinajstić information content (AvgIpc) is 3.67. The number of nitrogens with zero attached hydrogens (tertiary/aromatic N) is 7. The first-order valence-electron chi connectivity index (χ1n) is 11.1. The summed E-state index contributed by atoms with van der Waals surface area (Å²) in [6.45, 7) is 0. The zero-order chi connectivity index (χ0) is 25.7. The lowest BCUT2D eigenvalue weighted by Crippen LogP contribution is -2.24. The third-order valence-corrected chi connectivity index (χ3v) is 6.95. The number of imidazole rings is 1. The minimum Gasteiger partial charge on any atom is -0.477 e. The van der Waals surface area contributed by atoms with E-state index in [9.17, 15) is 14.7 Å². The first-order chi connectivity index (χ1) is 17.9. The maximum atomic E-state index is 13.4. The number of pyridine rings is 2. The highest BCUT2D eigenvalue weighted by molar-refractivity contribution is 6.34. The molecule has 6 rings (SSSR count). The molecule has 1 aromatic carbocycles. The molecule has 0 amide bonds. The van der Waals surface area contributed by atoms with Crippen molar-refractivity contribution in [2.45, 2.75) is 18.9 Å². The van der Waals surface area contributed by atoms with E-state index in [2.05, 4.69) is 30.5 Å². The second-order valence-corrected chi connectivity index (χ2v) is 9.23. The standard InChI is InChI=1S/C24H16Cl2N8O3.ClH/c25-13-1-2-18(33-11-29-31-32-33)14(8-13)15-9-21(35)34-19(22(15)26)3-4-20(34)23-28-10-17(30-23)12-5-6-27-16(7-12)24(36)37;/h1-2,5-11,20H,3-4H2,(H,28,30)(H,36,37);1H/t20-;/m0./s1. The van der Waals surface area contributed by atoms with Crippen molar-refractivity contribution in [3.8, 4) is 28.1 Å². The number of hydrogen-bond donors (Lipinski definition) is 2. The van der Waals surface area contributed by atoms with Crippen molar-refractivity contribution in [1.29, 1.82) is 0 Å². The van der Waals surface area contributed by atoms with E-state index in [0.29, 0.717) is 62.5 Å². The Balaban J connectivity index is 0.00000294. The number of hydrogen-bond acceptors (Lipinski definition) is 7. The van der Waals surface area contributed by atoms with Crippen LogP contribution in [0.2, 0.25) is 10.0 Å². The fourth-order valence-corrected chi connectivity index (χ4v) is 5.16. The number of aromatic carboxylic acids is 1. The van der Waals surface area contributed by atoms with E-state index in [-0.39, 0.29) is 29.7 Å². The summed E-state index contributed by atoms with van der Waals surface area (Å²) in [4.78, 5) is 36.3. The van der Waals surface area contributed by atoms with E-state index in [4.69, 9.17) is 23.2 Å². The Bertz CT molecular complexity index is 1730. The Labute approximate surface area is 230 Å². The smallest absolute Gasteiger partial charge is 0.354 e. The summed E-state index contributed by atoms with van der Waals surface area (Å²) in [6.07, 6.45) is 5.65. The second kappa shape index (κ2) is 10.0. The molecule has 38 heavy (non-hydrogen) atoms. The maximum Gasteiger partial charge on any atom is 0.354 e. The van der Waals surface area contributed by atoms with Gasteiger partial charge >= 0.3 is 5.97 Å². The lowest BCUT2D eigenvalue weighted by molar-refractivity contribution is 0.0690. The molecule has 0 saturated carbocycles. The van der Waals surface area contributed by atoms with Gasteiger partial charge in [-0.3, -0.25) is 4.79 Å². The normalized spacial score (nSPS) is 14.2.